The molecule has 3 nitrogen and oxygen atoms in total. The number of amides is 1. The summed E-state index contributed by atoms with van der Waals surface area (Å²) in [7, 11) is 0. The van der Waals surface area contributed by atoms with E-state index in [1.54, 1.807) is 0 Å². The van der Waals surface area contributed by atoms with Gasteiger partial charge in [0.1, 0.15) is 0 Å². The van der Waals surface area contributed by atoms with Gasteiger partial charge in [0.05, 0.1) is 6.10 Å². The van der Waals surface area contributed by atoms with Crippen LogP contribution < -0.4 is 0 Å². The van der Waals surface area contributed by atoms with Crippen LogP contribution in [-0.2, 0) is 17.9 Å². The van der Waals surface area contributed by atoms with Gasteiger partial charge in [-0.2, -0.15) is 0 Å². The topological polar surface area (TPSA) is 40.5 Å². The number of halogens is 1. The Hall–Kier alpha value is -0.870. The molecule has 1 N–H and O–H groups in total. The van der Waals surface area contributed by atoms with Gasteiger partial charge in [0.25, 0.3) is 0 Å². The molecule has 0 radical (unpaired) electrons. The Bertz CT molecular complexity index is 555. The molecule has 3 rings (SSSR count). The number of carbonyl (C=O) groups excluding carboxylic acids is 1. The fourth-order valence-electron chi connectivity index (χ4n) is 3.21. The van der Waals surface area contributed by atoms with E-state index in [1.165, 1.54) is 11.1 Å². The third-order valence-corrected chi connectivity index (χ3v) is 5.58. The number of aliphatic hydroxyl groups is 1. The average Bonchev–Trinajstić information content (AvgIpc) is 2.81. The van der Waals surface area contributed by atoms with Gasteiger partial charge in [-0.05, 0) is 41.0 Å². The van der Waals surface area contributed by atoms with Crippen molar-refractivity contribution in [1.82, 2.24) is 4.90 Å². The molecule has 2 unspecified atom stereocenters. The van der Waals surface area contributed by atoms with Crippen molar-refractivity contribution in [2.24, 2.45) is 11.3 Å². The molecule has 1 aliphatic carbocycles. The van der Waals surface area contributed by atoms with Crippen molar-refractivity contribution in [3.05, 3.63) is 33.8 Å². The van der Waals surface area contributed by atoms with Gasteiger partial charge in [0, 0.05) is 24.0 Å². The second-order valence-electron chi connectivity index (χ2n) is 6.64. The second-order valence-corrected chi connectivity index (χ2v) is 7.55. The van der Waals surface area contributed by atoms with Gasteiger partial charge < -0.3 is 10.0 Å². The first-order valence-corrected chi connectivity index (χ1v) is 7.90. The molecule has 2 atom stereocenters. The number of aliphatic hydroxyl groups excluding tert-OH is 1. The average molecular weight is 338 g/mol. The van der Waals surface area contributed by atoms with Crippen LogP contribution in [0.2, 0.25) is 0 Å². The molecule has 1 saturated carbocycles. The maximum absolute atomic E-state index is 12.4. The molecule has 1 aliphatic heterocycles. The lowest BCUT2D eigenvalue weighted by molar-refractivity contribution is -0.143. The Morgan fingerprint density at radius 2 is 2.10 bits per heavy atom. The summed E-state index contributed by atoms with van der Waals surface area (Å²) < 4.78 is 1.06. The van der Waals surface area contributed by atoms with E-state index in [-0.39, 0.29) is 17.4 Å². The highest BCUT2D eigenvalue weighted by atomic mass is 79.9. The molecular weight excluding hydrogens is 318 g/mol. The highest BCUT2D eigenvalue weighted by Crippen LogP contribution is 2.48. The van der Waals surface area contributed by atoms with Crippen LogP contribution in [0.4, 0.5) is 0 Å². The van der Waals surface area contributed by atoms with Gasteiger partial charge in [-0.15, -0.1) is 0 Å². The monoisotopic (exact) mass is 337 g/mol. The van der Waals surface area contributed by atoms with Crippen molar-refractivity contribution in [2.45, 2.75) is 45.9 Å². The molecule has 1 aromatic rings. The van der Waals surface area contributed by atoms with Crippen LogP contribution >= 0.6 is 15.9 Å². The van der Waals surface area contributed by atoms with Crippen molar-refractivity contribution >= 4 is 21.8 Å². The summed E-state index contributed by atoms with van der Waals surface area (Å²) in [4.78, 5) is 14.4. The van der Waals surface area contributed by atoms with E-state index >= 15 is 0 Å². The summed E-state index contributed by atoms with van der Waals surface area (Å²) in [6, 6.07) is 6.21. The standard InChI is InChI=1S/C16H20BrNO2/c1-16(2)12(6-14(16)19)7-15(20)18-8-10-3-4-13(17)5-11(10)9-18/h3-5,12,14,19H,6-9H2,1-2H3. The van der Waals surface area contributed by atoms with E-state index in [9.17, 15) is 9.90 Å². The number of benzene rings is 1. The fraction of sp³-hybridized carbons (Fsp3) is 0.562. The number of nitrogens with zero attached hydrogens (tertiary/aromatic N) is 1. The van der Waals surface area contributed by atoms with E-state index in [4.69, 9.17) is 0 Å². The van der Waals surface area contributed by atoms with Gasteiger partial charge in [0.15, 0.2) is 0 Å². The van der Waals surface area contributed by atoms with Crippen LogP contribution in [0, 0.1) is 11.3 Å². The Balaban J connectivity index is 1.64. The van der Waals surface area contributed by atoms with E-state index in [0.717, 1.165) is 17.4 Å². The normalized spacial score (nSPS) is 27.1. The predicted octanol–water partition coefficient (Wildman–Crippen LogP) is 3.09. The number of rotatable bonds is 2. The molecule has 108 valence electrons. The van der Waals surface area contributed by atoms with Crippen molar-refractivity contribution in [1.29, 1.82) is 0 Å². The SMILES string of the molecule is CC1(C)C(O)CC1CC(=O)N1Cc2ccc(Br)cc2C1. The summed E-state index contributed by atoms with van der Waals surface area (Å²) >= 11 is 3.47. The maximum atomic E-state index is 12.4. The quantitative estimate of drug-likeness (QED) is 0.900. The summed E-state index contributed by atoms with van der Waals surface area (Å²) in [6.45, 7) is 5.53. The van der Waals surface area contributed by atoms with Crippen molar-refractivity contribution in [2.75, 3.05) is 0 Å². The maximum Gasteiger partial charge on any atom is 0.223 e. The lowest BCUT2D eigenvalue weighted by atomic mass is 9.59. The van der Waals surface area contributed by atoms with Gasteiger partial charge >= 0.3 is 0 Å². The van der Waals surface area contributed by atoms with E-state index < -0.39 is 0 Å². The zero-order chi connectivity index (χ0) is 14.5. The Morgan fingerprint density at radius 3 is 2.75 bits per heavy atom. The summed E-state index contributed by atoms with van der Waals surface area (Å²) in [5, 5.41) is 9.77. The summed E-state index contributed by atoms with van der Waals surface area (Å²) in [5.41, 5.74) is 2.36. The molecule has 1 amide bonds. The van der Waals surface area contributed by atoms with Crippen molar-refractivity contribution < 1.29 is 9.90 Å². The van der Waals surface area contributed by atoms with E-state index in [2.05, 4.69) is 41.9 Å². The number of fused-ring (bicyclic) bond motifs is 1. The fourth-order valence-corrected chi connectivity index (χ4v) is 3.62. The first kappa shape index (κ1) is 14.1. The molecule has 20 heavy (non-hydrogen) atoms. The van der Waals surface area contributed by atoms with Gasteiger partial charge in [-0.25, -0.2) is 0 Å². The third-order valence-electron chi connectivity index (χ3n) is 5.08. The number of hydrogen-bond acceptors (Lipinski definition) is 2. The Kier molecular flexibility index (Phi) is 3.41. The molecule has 1 heterocycles. The van der Waals surface area contributed by atoms with Crippen molar-refractivity contribution in [3.63, 3.8) is 0 Å². The van der Waals surface area contributed by atoms with Crippen LogP contribution in [-0.4, -0.2) is 22.0 Å². The van der Waals surface area contributed by atoms with E-state index in [0.29, 0.717) is 18.9 Å². The number of hydrogen-bond donors (Lipinski definition) is 1. The molecular formula is C16H20BrNO2. The molecule has 0 saturated heterocycles. The summed E-state index contributed by atoms with van der Waals surface area (Å²) in [5.74, 6) is 0.516. The van der Waals surface area contributed by atoms with Crippen LogP contribution in [0.25, 0.3) is 0 Å². The minimum absolute atomic E-state index is 0.120. The predicted molar refractivity (Wildman–Crippen MR) is 80.9 cm³/mol. The van der Waals surface area contributed by atoms with Gasteiger partial charge in [-0.3, -0.25) is 4.79 Å². The second kappa shape index (κ2) is 4.85. The zero-order valence-electron chi connectivity index (χ0n) is 11.9. The summed E-state index contributed by atoms with van der Waals surface area (Å²) in [6.07, 6.45) is 1.05. The lowest BCUT2D eigenvalue weighted by Gasteiger charge is -2.49. The first-order valence-electron chi connectivity index (χ1n) is 7.11. The van der Waals surface area contributed by atoms with Crippen LogP contribution in [0.5, 0.6) is 0 Å². The molecule has 1 aromatic carbocycles. The molecule has 0 bridgehead atoms. The van der Waals surface area contributed by atoms with Crippen LogP contribution in [0.3, 0.4) is 0 Å². The molecule has 4 heteroatoms. The van der Waals surface area contributed by atoms with Gasteiger partial charge in [0.2, 0.25) is 5.91 Å². The van der Waals surface area contributed by atoms with Crippen LogP contribution in [0.1, 0.15) is 37.8 Å². The minimum Gasteiger partial charge on any atom is -0.393 e. The minimum atomic E-state index is -0.257. The first-order chi connectivity index (χ1) is 9.38. The molecule has 1 fully saturated rings. The molecule has 0 aromatic heterocycles. The molecule has 2 aliphatic rings. The third kappa shape index (κ3) is 2.29. The number of carbonyl (C=O) groups is 1. The highest BCUT2D eigenvalue weighted by molar-refractivity contribution is 9.10. The lowest BCUT2D eigenvalue weighted by Crippen LogP contribution is -2.50. The van der Waals surface area contributed by atoms with E-state index in [1.807, 2.05) is 11.0 Å². The van der Waals surface area contributed by atoms with Crippen molar-refractivity contribution in [3.8, 4) is 0 Å². The zero-order valence-corrected chi connectivity index (χ0v) is 13.5. The highest BCUT2D eigenvalue weighted by Gasteiger charge is 2.48. The molecule has 0 spiro atoms. The van der Waals surface area contributed by atoms with Crippen LogP contribution in [0.15, 0.2) is 22.7 Å². The Morgan fingerprint density at radius 1 is 1.40 bits per heavy atom. The Labute approximate surface area is 128 Å². The smallest absolute Gasteiger partial charge is 0.223 e. The largest absolute Gasteiger partial charge is 0.393 e. The van der Waals surface area contributed by atoms with Gasteiger partial charge in [-0.1, -0.05) is 35.8 Å².